The number of ether oxygens (including phenoxy) is 1. The van der Waals surface area contributed by atoms with Crippen LogP contribution in [0, 0.1) is 29.6 Å². The van der Waals surface area contributed by atoms with Crippen molar-refractivity contribution in [2.24, 2.45) is 29.6 Å². The predicted octanol–water partition coefficient (Wildman–Crippen LogP) is 5.51. The molecule has 1 saturated heterocycles. The second kappa shape index (κ2) is 9.02. The highest BCUT2D eigenvalue weighted by atomic mass is 16.5. The third-order valence-electron chi connectivity index (χ3n) is 9.00. The largest absolute Gasteiger partial charge is 0.497 e. The van der Waals surface area contributed by atoms with Crippen molar-refractivity contribution in [2.75, 3.05) is 20.2 Å². The van der Waals surface area contributed by atoms with Gasteiger partial charge in [0, 0.05) is 24.9 Å². The molecule has 4 fully saturated rings. The average molecular weight is 410 g/mol. The molecule has 164 valence electrons. The molecule has 1 heterocycles. The van der Waals surface area contributed by atoms with Crippen LogP contribution in [0.3, 0.4) is 0 Å². The number of piperidine rings is 1. The first-order valence-electron chi connectivity index (χ1n) is 12.6. The van der Waals surface area contributed by atoms with E-state index in [-0.39, 0.29) is 5.92 Å². The van der Waals surface area contributed by atoms with Gasteiger partial charge in [0.15, 0.2) is 0 Å². The van der Waals surface area contributed by atoms with Crippen molar-refractivity contribution < 1.29 is 9.53 Å². The molecule has 30 heavy (non-hydrogen) atoms. The van der Waals surface area contributed by atoms with Gasteiger partial charge in [0.05, 0.1) is 7.11 Å². The molecule has 3 aliphatic carbocycles. The van der Waals surface area contributed by atoms with Crippen LogP contribution in [0.15, 0.2) is 24.3 Å². The molecule has 4 aliphatic rings. The molecule has 3 saturated carbocycles. The van der Waals surface area contributed by atoms with Gasteiger partial charge in [-0.05, 0) is 86.4 Å². The lowest BCUT2D eigenvalue weighted by atomic mass is 9.55. The van der Waals surface area contributed by atoms with E-state index in [1.807, 2.05) is 12.1 Å². The van der Waals surface area contributed by atoms with E-state index in [1.165, 1.54) is 76.4 Å². The summed E-state index contributed by atoms with van der Waals surface area (Å²) >= 11 is 0. The molecule has 0 unspecified atom stereocenters. The molecule has 3 nitrogen and oxygen atoms in total. The Morgan fingerprint density at radius 2 is 1.77 bits per heavy atom. The molecule has 0 aromatic heterocycles. The first kappa shape index (κ1) is 20.5. The topological polar surface area (TPSA) is 29.5 Å². The number of hydrogen-bond donors (Lipinski definition) is 0. The van der Waals surface area contributed by atoms with Gasteiger partial charge >= 0.3 is 0 Å². The van der Waals surface area contributed by atoms with Crippen molar-refractivity contribution in [3.8, 4) is 5.75 Å². The van der Waals surface area contributed by atoms with Gasteiger partial charge in [0.1, 0.15) is 11.5 Å². The Bertz CT molecular complexity index is 723. The van der Waals surface area contributed by atoms with Crippen molar-refractivity contribution in [3.63, 3.8) is 0 Å². The van der Waals surface area contributed by atoms with E-state index in [2.05, 4.69) is 17.0 Å². The van der Waals surface area contributed by atoms with Crippen LogP contribution in [-0.4, -0.2) is 36.9 Å². The quantitative estimate of drug-likeness (QED) is 0.642. The number of rotatable bonds is 5. The molecule has 1 aromatic rings. The molecule has 0 radical (unpaired) electrons. The first-order valence-corrected chi connectivity index (χ1v) is 12.6. The minimum atomic E-state index is 0.233. The Labute approximate surface area is 182 Å². The van der Waals surface area contributed by atoms with E-state index in [1.54, 1.807) is 7.11 Å². The van der Waals surface area contributed by atoms with E-state index in [4.69, 9.17) is 4.74 Å². The zero-order valence-corrected chi connectivity index (χ0v) is 18.7. The summed E-state index contributed by atoms with van der Waals surface area (Å²) in [4.78, 5) is 16.1. The molecule has 3 heteroatoms. The summed E-state index contributed by atoms with van der Waals surface area (Å²) in [5, 5.41) is 0. The van der Waals surface area contributed by atoms with Gasteiger partial charge in [-0.1, -0.05) is 37.8 Å². The van der Waals surface area contributed by atoms with Gasteiger partial charge in [-0.2, -0.15) is 0 Å². The lowest BCUT2D eigenvalue weighted by Gasteiger charge is -2.56. The monoisotopic (exact) mass is 409 g/mol. The van der Waals surface area contributed by atoms with E-state index in [0.29, 0.717) is 17.6 Å². The number of hydrogen-bond acceptors (Lipinski definition) is 3. The number of likely N-dealkylation sites (tertiary alicyclic amines) is 1. The number of carbonyl (C=O) groups is 1. The van der Waals surface area contributed by atoms with Gasteiger partial charge in [-0.3, -0.25) is 9.69 Å². The summed E-state index contributed by atoms with van der Waals surface area (Å²) in [5.74, 6) is 4.63. The summed E-state index contributed by atoms with van der Waals surface area (Å²) in [6.07, 6.45) is 14.2. The smallest absolute Gasteiger partial charge is 0.136 e. The number of carbonyl (C=O) groups excluding carboxylic acids is 1. The lowest BCUT2D eigenvalue weighted by molar-refractivity contribution is -0.139. The third-order valence-corrected chi connectivity index (χ3v) is 9.00. The predicted molar refractivity (Wildman–Crippen MR) is 121 cm³/mol. The van der Waals surface area contributed by atoms with Crippen molar-refractivity contribution >= 4 is 5.78 Å². The minimum absolute atomic E-state index is 0.233. The van der Waals surface area contributed by atoms with E-state index in [0.717, 1.165) is 36.5 Å². The molecule has 5 rings (SSSR count). The number of Topliss-reactive ketones (excluding diaryl/α,β-unsaturated/α-hetero) is 1. The van der Waals surface area contributed by atoms with Gasteiger partial charge in [0.2, 0.25) is 0 Å². The van der Waals surface area contributed by atoms with E-state index < -0.39 is 0 Å². The van der Waals surface area contributed by atoms with E-state index in [9.17, 15) is 4.79 Å². The van der Waals surface area contributed by atoms with Gasteiger partial charge in [-0.25, -0.2) is 0 Å². The number of methoxy groups -OCH3 is 1. The molecule has 0 spiro atoms. The van der Waals surface area contributed by atoms with Crippen molar-refractivity contribution in [1.29, 1.82) is 0 Å². The van der Waals surface area contributed by atoms with Gasteiger partial charge in [0.25, 0.3) is 0 Å². The maximum absolute atomic E-state index is 13.2. The molecule has 1 aromatic carbocycles. The average Bonchev–Trinajstić information content (AvgIpc) is 2.79. The Kier molecular flexibility index (Phi) is 6.18. The normalized spacial score (nSPS) is 35.1. The zero-order valence-electron chi connectivity index (χ0n) is 18.7. The van der Waals surface area contributed by atoms with Crippen LogP contribution < -0.4 is 4.74 Å². The van der Waals surface area contributed by atoms with Crippen LogP contribution in [0.1, 0.15) is 69.8 Å². The highest BCUT2D eigenvalue weighted by molar-refractivity contribution is 5.83. The van der Waals surface area contributed by atoms with Crippen molar-refractivity contribution in [3.05, 3.63) is 29.8 Å². The molecular formula is C27H39NO2. The molecule has 0 amide bonds. The fourth-order valence-electron chi connectivity index (χ4n) is 7.58. The van der Waals surface area contributed by atoms with Crippen LogP contribution >= 0.6 is 0 Å². The number of ketones is 1. The maximum atomic E-state index is 13.2. The van der Waals surface area contributed by atoms with Crippen LogP contribution in [0.2, 0.25) is 0 Å². The van der Waals surface area contributed by atoms with Crippen LogP contribution in [0.4, 0.5) is 0 Å². The first-order chi connectivity index (χ1) is 14.7. The van der Waals surface area contributed by atoms with Crippen LogP contribution in [0.25, 0.3) is 0 Å². The highest BCUT2D eigenvalue weighted by Gasteiger charge is 2.51. The third kappa shape index (κ3) is 4.07. The SMILES string of the molecule is COc1ccc(C[C@@H]2C(=O)C[C@H]3CCN(CC4CCCCC4)[C@H]4CCC[C@@H]2[C@H]34)cc1. The molecule has 0 N–H and O–H groups in total. The lowest BCUT2D eigenvalue weighted by Crippen LogP contribution is -2.58. The molecule has 5 atom stereocenters. The molecular weight excluding hydrogens is 370 g/mol. The summed E-state index contributed by atoms with van der Waals surface area (Å²) in [5.41, 5.74) is 1.30. The zero-order chi connectivity index (χ0) is 20.5. The Hall–Kier alpha value is -1.35. The fraction of sp³-hybridized carbons (Fsp3) is 0.741. The summed E-state index contributed by atoms with van der Waals surface area (Å²) in [6, 6.07) is 9.16. The second-order valence-electron chi connectivity index (χ2n) is 10.6. The summed E-state index contributed by atoms with van der Waals surface area (Å²) < 4.78 is 5.32. The Morgan fingerprint density at radius 3 is 2.53 bits per heavy atom. The maximum Gasteiger partial charge on any atom is 0.136 e. The fourth-order valence-corrected chi connectivity index (χ4v) is 7.58. The molecule has 1 aliphatic heterocycles. The van der Waals surface area contributed by atoms with Crippen molar-refractivity contribution in [1.82, 2.24) is 4.90 Å². The highest BCUT2D eigenvalue weighted by Crippen LogP contribution is 2.51. The van der Waals surface area contributed by atoms with Gasteiger partial charge < -0.3 is 4.74 Å². The number of benzene rings is 1. The second-order valence-corrected chi connectivity index (χ2v) is 10.6. The van der Waals surface area contributed by atoms with Gasteiger partial charge in [-0.15, -0.1) is 0 Å². The summed E-state index contributed by atoms with van der Waals surface area (Å²) in [7, 11) is 1.71. The standard InChI is InChI=1S/C27H39NO2/c1-30-22-12-10-19(11-13-22)16-24-23-8-5-9-25-27(23)21(17-26(24)29)14-15-28(25)18-20-6-3-2-4-7-20/h10-13,20-21,23-25,27H,2-9,14-18H2,1H3/t21-,23+,24+,25+,27+/m1/s1. The van der Waals surface area contributed by atoms with Crippen LogP contribution in [-0.2, 0) is 11.2 Å². The Morgan fingerprint density at radius 1 is 0.967 bits per heavy atom. The van der Waals surface area contributed by atoms with Crippen LogP contribution in [0.5, 0.6) is 5.75 Å². The number of nitrogens with zero attached hydrogens (tertiary/aromatic N) is 1. The minimum Gasteiger partial charge on any atom is -0.497 e. The van der Waals surface area contributed by atoms with E-state index >= 15 is 0 Å². The molecule has 0 bridgehead atoms. The van der Waals surface area contributed by atoms with Crippen molar-refractivity contribution in [2.45, 2.75) is 76.7 Å². The Balaban J connectivity index is 1.32. The summed E-state index contributed by atoms with van der Waals surface area (Å²) in [6.45, 7) is 2.57.